The summed E-state index contributed by atoms with van der Waals surface area (Å²) in [5.74, 6) is 1.32. The molecule has 32 heavy (non-hydrogen) atoms. The van der Waals surface area contributed by atoms with Gasteiger partial charge in [-0.25, -0.2) is 15.0 Å². The van der Waals surface area contributed by atoms with Crippen LogP contribution >= 0.6 is 22.9 Å². The van der Waals surface area contributed by atoms with Gasteiger partial charge in [0.1, 0.15) is 11.5 Å². The van der Waals surface area contributed by atoms with Crippen LogP contribution in [0.2, 0.25) is 5.02 Å². The summed E-state index contributed by atoms with van der Waals surface area (Å²) in [4.78, 5) is 11.1. The largest absolute Gasteiger partial charge is 0.463 e. The predicted molar refractivity (Wildman–Crippen MR) is 129 cm³/mol. The van der Waals surface area contributed by atoms with E-state index in [-0.39, 0.29) is 6.04 Å². The zero-order valence-electron chi connectivity index (χ0n) is 16.9. The number of nitrogens with zero attached hydrogens (tertiary/aromatic N) is 4. The van der Waals surface area contributed by atoms with Gasteiger partial charge < -0.3 is 4.42 Å². The molecule has 1 unspecified atom stereocenters. The van der Waals surface area contributed by atoms with Crippen LogP contribution in [0.3, 0.4) is 0 Å². The number of furan rings is 1. The molecule has 2 aromatic carbocycles. The molecule has 6 rings (SSSR count). The highest BCUT2D eigenvalue weighted by Gasteiger charge is 2.33. The maximum absolute atomic E-state index is 6.32. The van der Waals surface area contributed by atoms with Crippen LogP contribution in [-0.4, -0.2) is 15.7 Å². The molecule has 0 amide bonds. The summed E-state index contributed by atoms with van der Waals surface area (Å²) in [5, 5.41) is 10.5. The number of aromatic nitrogens is 2. The van der Waals surface area contributed by atoms with Gasteiger partial charge >= 0.3 is 0 Å². The van der Waals surface area contributed by atoms with E-state index in [9.17, 15) is 0 Å². The molecule has 0 aliphatic carbocycles. The van der Waals surface area contributed by atoms with Crippen molar-refractivity contribution in [2.45, 2.75) is 12.5 Å². The van der Waals surface area contributed by atoms with Crippen LogP contribution in [0.5, 0.6) is 0 Å². The molecule has 0 bridgehead atoms. The molecule has 1 atom stereocenters. The zero-order valence-corrected chi connectivity index (χ0v) is 18.4. The summed E-state index contributed by atoms with van der Waals surface area (Å²) >= 11 is 8.02. The van der Waals surface area contributed by atoms with Crippen molar-refractivity contribution in [2.24, 2.45) is 5.10 Å². The number of rotatable bonds is 4. The van der Waals surface area contributed by atoms with E-state index in [0.29, 0.717) is 11.0 Å². The molecule has 5 nitrogen and oxygen atoms in total. The standard InChI is InChI=1S/C25H17ClN4OS/c26-17-10-11-19-18(14-17)24(16-6-2-1-3-7-16)28-25(27-19)30-21(23-9-5-13-32-23)15-20(29-30)22-8-4-12-31-22/h1-14,21H,15H2. The normalized spacial score (nSPS) is 16.0. The summed E-state index contributed by atoms with van der Waals surface area (Å²) in [6, 6.07) is 23.8. The van der Waals surface area contributed by atoms with Gasteiger partial charge in [0.15, 0.2) is 0 Å². The maximum atomic E-state index is 6.32. The molecule has 1 aliphatic rings. The van der Waals surface area contributed by atoms with Gasteiger partial charge in [-0.15, -0.1) is 11.3 Å². The minimum Gasteiger partial charge on any atom is -0.463 e. The second-order valence-corrected chi connectivity index (χ2v) is 8.92. The van der Waals surface area contributed by atoms with Crippen molar-refractivity contribution in [3.63, 3.8) is 0 Å². The lowest BCUT2D eigenvalue weighted by Crippen LogP contribution is -2.20. The molecule has 0 N–H and O–H groups in total. The Balaban J connectivity index is 1.55. The minimum atomic E-state index is 0.00322. The monoisotopic (exact) mass is 456 g/mol. The highest BCUT2D eigenvalue weighted by molar-refractivity contribution is 7.10. The summed E-state index contributed by atoms with van der Waals surface area (Å²) in [5.41, 5.74) is 3.55. The Hall–Kier alpha value is -3.48. The van der Waals surface area contributed by atoms with Crippen molar-refractivity contribution in [2.75, 3.05) is 5.01 Å². The molecule has 0 saturated heterocycles. The van der Waals surface area contributed by atoms with Gasteiger partial charge in [0.25, 0.3) is 0 Å². The predicted octanol–water partition coefficient (Wildman–Crippen LogP) is 6.96. The van der Waals surface area contributed by atoms with E-state index in [1.807, 2.05) is 65.7 Å². The van der Waals surface area contributed by atoms with Crippen molar-refractivity contribution in [1.29, 1.82) is 0 Å². The molecule has 156 valence electrons. The maximum Gasteiger partial charge on any atom is 0.247 e. The molecular weight excluding hydrogens is 440 g/mol. The second kappa shape index (κ2) is 7.89. The lowest BCUT2D eigenvalue weighted by atomic mass is 10.1. The number of benzene rings is 2. The van der Waals surface area contributed by atoms with Crippen LogP contribution in [0.25, 0.3) is 22.2 Å². The van der Waals surface area contributed by atoms with Gasteiger partial charge in [-0.1, -0.05) is 48.0 Å². The van der Waals surface area contributed by atoms with Crippen LogP contribution in [0.4, 0.5) is 5.95 Å². The highest BCUT2D eigenvalue weighted by Crippen LogP contribution is 2.39. The van der Waals surface area contributed by atoms with E-state index < -0.39 is 0 Å². The Bertz CT molecular complexity index is 1420. The van der Waals surface area contributed by atoms with Gasteiger partial charge in [0.05, 0.1) is 23.5 Å². The van der Waals surface area contributed by atoms with E-state index in [2.05, 4.69) is 17.5 Å². The molecule has 5 aromatic rings. The fourth-order valence-electron chi connectivity index (χ4n) is 4.00. The van der Waals surface area contributed by atoms with E-state index in [1.54, 1.807) is 17.6 Å². The first-order chi connectivity index (χ1) is 15.8. The summed E-state index contributed by atoms with van der Waals surface area (Å²) < 4.78 is 5.63. The van der Waals surface area contributed by atoms with Crippen LogP contribution < -0.4 is 5.01 Å². The summed E-state index contributed by atoms with van der Waals surface area (Å²) in [6.07, 6.45) is 2.39. The van der Waals surface area contributed by atoms with Crippen LogP contribution in [-0.2, 0) is 0 Å². The lowest BCUT2D eigenvalue weighted by molar-refractivity contribution is 0.556. The highest BCUT2D eigenvalue weighted by atomic mass is 35.5. The average molecular weight is 457 g/mol. The smallest absolute Gasteiger partial charge is 0.247 e. The Kier molecular flexibility index (Phi) is 4.74. The van der Waals surface area contributed by atoms with Crippen molar-refractivity contribution in [1.82, 2.24) is 9.97 Å². The van der Waals surface area contributed by atoms with E-state index >= 15 is 0 Å². The molecule has 0 fully saturated rings. The van der Waals surface area contributed by atoms with Crippen molar-refractivity contribution in [3.05, 3.63) is 100 Å². The van der Waals surface area contributed by atoms with Gasteiger partial charge in [0, 0.05) is 27.3 Å². The first-order valence-corrected chi connectivity index (χ1v) is 11.5. The SMILES string of the molecule is Clc1ccc2nc(N3N=C(c4ccco4)CC3c3cccs3)nc(-c3ccccc3)c2c1. The molecule has 0 spiro atoms. The topological polar surface area (TPSA) is 54.5 Å². The molecule has 7 heteroatoms. The molecule has 0 radical (unpaired) electrons. The van der Waals surface area contributed by atoms with Crippen molar-refractivity contribution < 1.29 is 4.42 Å². The summed E-state index contributed by atoms with van der Waals surface area (Å²) in [6.45, 7) is 0. The molecule has 0 saturated carbocycles. The molecule has 4 heterocycles. The lowest BCUT2D eigenvalue weighted by Gasteiger charge is -2.21. The molecule has 3 aromatic heterocycles. The Morgan fingerprint density at radius 3 is 2.66 bits per heavy atom. The molecular formula is C25H17ClN4OS. The minimum absolute atomic E-state index is 0.00322. The Morgan fingerprint density at radius 1 is 0.969 bits per heavy atom. The number of fused-ring (bicyclic) bond motifs is 1. The first-order valence-electron chi connectivity index (χ1n) is 10.2. The van der Waals surface area contributed by atoms with E-state index in [1.165, 1.54) is 4.88 Å². The van der Waals surface area contributed by atoms with Crippen LogP contribution in [0.1, 0.15) is 23.1 Å². The number of hydrogen-bond acceptors (Lipinski definition) is 6. The van der Waals surface area contributed by atoms with Gasteiger partial charge in [-0.05, 0) is 41.8 Å². The summed E-state index contributed by atoms with van der Waals surface area (Å²) in [7, 11) is 0. The van der Waals surface area contributed by atoms with Gasteiger partial charge in [-0.3, -0.25) is 0 Å². The van der Waals surface area contributed by atoms with E-state index in [0.717, 1.165) is 40.1 Å². The second-order valence-electron chi connectivity index (χ2n) is 7.50. The average Bonchev–Trinajstić information content (AvgIpc) is 3.60. The third-order valence-electron chi connectivity index (χ3n) is 5.49. The third kappa shape index (κ3) is 3.38. The van der Waals surface area contributed by atoms with E-state index in [4.69, 9.17) is 31.1 Å². The number of hydrogen-bond donors (Lipinski definition) is 0. The Morgan fingerprint density at radius 2 is 1.88 bits per heavy atom. The quantitative estimate of drug-likeness (QED) is 0.293. The Labute approximate surface area is 193 Å². The fraction of sp³-hybridized carbons (Fsp3) is 0.0800. The molecule has 1 aliphatic heterocycles. The number of halogens is 1. The third-order valence-corrected chi connectivity index (χ3v) is 6.69. The zero-order chi connectivity index (χ0) is 21.5. The number of anilines is 1. The fourth-order valence-corrected chi connectivity index (χ4v) is 4.98. The number of thiophene rings is 1. The van der Waals surface area contributed by atoms with Gasteiger partial charge in [-0.2, -0.15) is 5.10 Å². The van der Waals surface area contributed by atoms with Gasteiger partial charge in [0.2, 0.25) is 5.95 Å². The first kappa shape index (κ1) is 19.2. The van der Waals surface area contributed by atoms with Crippen LogP contribution in [0, 0.1) is 0 Å². The van der Waals surface area contributed by atoms with Crippen molar-refractivity contribution in [3.8, 4) is 11.3 Å². The van der Waals surface area contributed by atoms with Crippen molar-refractivity contribution >= 4 is 45.5 Å². The van der Waals surface area contributed by atoms with Crippen LogP contribution in [0.15, 0.2) is 94.0 Å². The number of hydrazone groups is 1.